The SMILES string of the molecule is Cc1cnc(C(=O)N(CCC(=O)NCC[NH+](C)C)Cc2ccc(F)cc2)cn1. The number of halogens is 1. The van der Waals surface area contributed by atoms with Crippen molar-refractivity contribution in [1.29, 1.82) is 0 Å². The summed E-state index contributed by atoms with van der Waals surface area (Å²) >= 11 is 0. The number of nitrogens with one attached hydrogen (secondary N) is 2. The van der Waals surface area contributed by atoms with Crippen molar-refractivity contribution in [2.45, 2.75) is 19.9 Å². The topological polar surface area (TPSA) is 79.6 Å². The first-order valence-electron chi connectivity index (χ1n) is 9.23. The number of aromatic nitrogens is 2. The van der Waals surface area contributed by atoms with Crippen molar-refractivity contribution in [2.75, 3.05) is 33.7 Å². The summed E-state index contributed by atoms with van der Waals surface area (Å²) in [5.41, 5.74) is 1.69. The average molecular weight is 388 g/mol. The van der Waals surface area contributed by atoms with E-state index < -0.39 is 0 Å². The highest BCUT2D eigenvalue weighted by molar-refractivity contribution is 5.92. The second-order valence-corrected chi connectivity index (χ2v) is 6.95. The van der Waals surface area contributed by atoms with Gasteiger partial charge in [0.15, 0.2) is 0 Å². The van der Waals surface area contributed by atoms with Gasteiger partial charge in [-0.1, -0.05) is 12.1 Å². The third kappa shape index (κ3) is 7.03. The second-order valence-electron chi connectivity index (χ2n) is 6.95. The molecule has 0 unspecified atom stereocenters. The van der Waals surface area contributed by atoms with E-state index in [0.29, 0.717) is 12.2 Å². The van der Waals surface area contributed by atoms with Gasteiger partial charge in [-0.05, 0) is 24.6 Å². The lowest BCUT2D eigenvalue weighted by molar-refractivity contribution is -0.856. The Hall–Kier alpha value is -2.87. The van der Waals surface area contributed by atoms with Crippen LogP contribution in [0.25, 0.3) is 0 Å². The number of quaternary nitrogens is 1. The molecular formula is C20H27FN5O2+. The Bertz CT molecular complexity index is 778. The molecular weight excluding hydrogens is 361 g/mol. The number of carbonyl (C=O) groups is 2. The van der Waals surface area contributed by atoms with Gasteiger partial charge in [0, 0.05) is 25.7 Å². The Morgan fingerprint density at radius 1 is 1.14 bits per heavy atom. The first-order valence-corrected chi connectivity index (χ1v) is 9.23. The Balaban J connectivity index is 2.04. The van der Waals surface area contributed by atoms with E-state index in [1.165, 1.54) is 34.3 Å². The van der Waals surface area contributed by atoms with Gasteiger partial charge in [0.25, 0.3) is 5.91 Å². The number of hydrogen-bond donors (Lipinski definition) is 2. The van der Waals surface area contributed by atoms with E-state index in [4.69, 9.17) is 0 Å². The Labute approximate surface area is 164 Å². The molecule has 0 atom stereocenters. The molecule has 0 radical (unpaired) electrons. The molecule has 1 aromatic carbocycles. The van der Waals surface area contributed by atoms with Crippen LogP contribution in [0.3, 0.4) is 0 Å². The molecule has 0 aliphatic heterocycles. The van der Waals surface area contributed by atoms with E-state index in [1.807, 2.05) is 14.1 Å². The van der Waals surface area contributed by atoms with Crippen LogP contribution in [-0.4, -0.2) is 60.4 Å². The highest BCUT2D eigenvalue weighted by atomic mass is 19.1. The summed E-state index contributed by atoms with van der Waals surface area (Å²) in [6, 6.07) is 5.94. The second kappa shape index (κ2) is 10.5. The van der Waals surface area contributed by atoms with E-state index in [0.717, 1.165) is 12.1 Å². The van der Waals surface area contributed by atoms with Gasteiger partial charge in [-0.3, -0.25) is 14.6 Å². The van der Waals surface area contributed by atoms with E-state index in [-0.39, 0.29) is 42.8 Å². The van der Waals surface area contributed by atoms with E-state index in [2.05, 4.69) is 15.3 Å². The van der Waals surface area contributed by atoms with Gasteiger partial charge < -0.3 is 15.1 Å². The lowest BCUT2D eigenvalue weighted by atomic mass is 10.2. The summed E-state index contributed by atoms with van der Waals surface area (Å²) in [5, 5.41) is 2.85. The van der Waals surface area contributed by atoms with Crippen molar-refractivity contribution < 1.29 is 18.9 Å². The quantitative estimate of drug-likeness (QED) is 0.644. The third-order valence-electron chi connectivity index (χ3n) is 4.13. The first-order chi connectivity index (χ1) is 13.3. The zero-order valence-electron chi connectivity index (χ0n) is 16.5. The average Bonchev–Trinajstić information content (AvgIpc) is 2.66. The lowest BCUT2D eigenvalue weighted by Gasteiger charge is -2.22. The highest BCUT2D eigenvalue weighted by Crippen LogP contribution is 2.10. The molecule has 7 nitrogen and oxygen atoms in total. The van der Waals surface area contributed by atoms with Crippen molar-refractivity contribution in [3.05, 3.63) is 59.4 Å². The summed E-state index contributed by atoms with van der Waals surface area (Å²) in [5.74, 6) is -0.774. The molecule has 0 spiro atoms. The van der Waals surface area contributed by atoms with Crippen LogP contribution >= 0.6 is 0 Å². The first kappa shape index (κ1) is 21.4. The van der Waals surface area contributed by atoms with Gasteiger partial charge in [-0.25, -0.2) is 9.37 Å². The fourth-order valence-electron chi connectivity index (χ4n) is 2.50. The van der Waals surface area contributed by atoms with Crippen LogP contribution in [0.4, 0.5) is 4.39 Å². The number of aryl methyl sites for hydroxylation is 1. The molecule has 2 N–H and O–H groups in total. The van der Waals surface area contributed by atoms with Crippen molar-refractivity contribution >= 4 is 11.8 Å². The Kier molecular flexibility index (Phi) is 8.01. The van der Waals surface area contributed by atoms with Gasteiger partial charge in [0.2, 0.25) is 5.91 Å². The maximum absolute atomic E-state index is 13.2. The van der Waals surface area contributed by atoms with Crippen LogP contribution in [0.5, 0.6) is 0 Å². The van der Waals surface area contributed by atoms with Crippen molar-refractivity contribution in [3.8, 4) is 0 Å². The number of benzene rings is 1. The van der Waals surface area contributed by atoms with Crippen molar-refractivity contribution in [3.63, 3.8) is 0 Å². The fraction of sp³-hybridized carbons (Fsp3) is 0.400. The molecule has 8 heteroatoms. The van der Waals surface area contributed by atoms with E-state index in [1.54, 1.807) is 19.1 Å². The number of carbonyl (C=O) groups excluding carboxylic acids is 2. The van der Waals surface area contributed by atoms with Gasteiger partial charge >= 0.3 is 0 Å². The van der Waals surface area contributed by atoms with Crippen molar-refractivity contribution in [1.82, 2.24) is 20.2 Å². The van der Waals surface area contributed by atoms with Crippen LogP contribution in [0.15, 0.2) is 36.7 Å². The Morgan fingerprint density at radius 2 is 1.86 bits per heavy atom. The minimum absolute atomic E-state index is 0.117. The number of rotatable bonds is 9. The molecule has 0 saturated carbocycles. The monoisotopic (exact) mass is 388 g/mol. The predicted octanol–water partition coefficient (Wildman–Crippen LogP) is 0.217. The Morgan fingerprint density at radius 3 is 2.46 bits per heavy atom. The molecule has 2 rings (SSSR count). The van der Waals surface area contributed by atoms with Crippen LogP contribution in [0, 0.1) is 12.7 Å². The normalized spacial score (nSPS) is 10.8. The molecule has 28 heavy (non-hydrogen) atoms. The molecule has 2 aromatic rings. The fourth-order valence-corrected chi connectivity index (χ4v) is 2.50. The zero-order chi connectivity index (χ0) is 20.5. The molecule has 1 aromatic heterocycles. The number of hydrogen-bond acceptors (Lipinski definition) is 4. The highest BCUT2D eigenvalue weighted by Gasteiger charge is 2.19. The largest absolute Gasteiger partial charge is 0.350 e. The molecule has 1 heterocycles. The predicted molar refractivity (Wildman–Crippen MR) is 103 cm³/mol. The summed E-state index contributed by atoms with van der Waals surface area (Å²) in [7, 11) is 4.02. The van der Waals surface area contributed by atoms with Crippen LogP contribution in [0.1, 0.15) is 28.2 Å². The van der Waals surface area contributed by atoms with Gasteiger partial charge in [0.1, 0.15) is 11.5 Å². The maximum atomic E-state index is 13.2. The molecule has 0 aliphatic rings. The standard InChI is InChI=1S/C20H26FN5O2/c1-15-12-24-18(13-23-15)20(28)26(14-16-4-6-17(21)7-5-16)10-8-19(27)22-9-11-25(2)3/h4-7,12-13H,8-11,14H2,1-3H3,(H,22,27)/p+1. The summed E-state index contributed by atoms with van der Waals surface area (Å²) in [6.45, 7) is 3.67. The zero-order valence-corrected chi connectivity index (χ0v) is 16.5. The number of likely N-dealkylation sites (N-methyl/N-ethyl adjacent to an activating group) is 1. The molecule has 0 bridgehead atoms. The number of nitrogens with zero attached hydrogens (tertiary/aromatic N) is 3. The van der Waals surface area contributed by atoms with E-state index in [9.17, 15) is 14.0 Å². The minimum atomic E-state index is -0.339. The molecule has 0 fully saturated rings. The van der Waals surface area contributed by atoms with Crippen molar-refractivity contribution in [2.24, 2.45) is 0 Å². The van der Waals surface area contributed by atoms with Crippen LogP contribution < -0.4 is 10.2 Å². The van der Waals surface area contributed by atoms with E-state index >= 15 is 0 Å². The molecule has 0 aliphatic carbocycles. The smallest absolute Gasteiger partial charge is 0.274 e. The third-order valence-corrected chi connectivity index (χ3v) is 4.13. The molecule has 0 saturated heterocycles. The molecule has 150 valence electrons. The van der Waals surface area contributed by atoms with Crippen LogP contribution in [-0.2, 0) is 11.3 Å². The lowest BCUT2D eigenvalue weighted by Crippen LogP contribution is -3.06. The minimum Gasteiger partial charge on any atom is -0.350 e. The van der Waals surface area contributed by atoms with Gasteiger partial charge in [-0.2, -0.15) is 0 Å². The van der Waals surface area contributed by atoms with Gasteiger partial charge in [-0.15, -0.1) is 0 Å². The van der Waals surface area contributed by atoms with Gasteiger partial charge in [0.05, 0.1) is 39.1 Å². The van der Waals surface area contributed by atoms with Crippen LogP contribution in [0.2, 0.25) is 0 Å². The summed E-state index contributed by atoms with van der Waals surface area (Å²) < 4.78 is 13.2. The number of amides is 2. The maximum Gasteiger partial charge on any atom is 0.274 e. The molecule has 2 amide bonds. The summed E-state index contributed by atoms with van der Waals surface area (Å²) in [6.07, 6.45) is 3.13. The summed E-state index contributed by atoms with van der Waals surface area (Å²) in [4.78, 5) is 36.0.